The van der Waals surface area contributed by atoms with Crippen molar-refractivity contribution in [1.82, 2.24) is 4.90 Å². The van der Waals surface area contributed by atoms with Crippen molar-refractivity contribution in [3.63, 3.8) is 0 Å². The van der Waals surface area contributed by atoms with Crippen LogP contribution in [0, 0.1) is 0 Å². The molecule has 3 heteroatoms. The van der Waals surface area contributed by atoms with Crippen LogP contribution in [0.15, 0.2) is 0 Å². The topological polar surface area (TPSA) is 20.3 Å². The average Bonchev–Trinajstić information content (AvgIpc) is 2.24. The van der Waals surface area contributed by atoms with Crippen molar-refractivity contribution in [2.45, 2.75) is 65.0 Å². The molecular weight excluding hydrogens is 218 g/mol. The number of likely N-dealkylation sites (tertiary alicyclic amines) is 1. The Kier molecular flexibility index (Phi) is 6.25. The minimum atomic E-state index is 0.348. The quantitative estimate of drug-likeness (QED) is 0.690. The number of unbranched alkanes of at least 4 members (excludes halogenated alkanes) is 1. The lowest BCUT2D eigenvalue weighted by Crippen LogP contribution is -2.48. The van der Waals surface area contributed by atoms with Crippen LogP contribution < -0.4 is 0 Å². The molecule has 16 heavy (non-hydrogen) atoms. The highest BCUT2D eigenvalue weighted by Gasteiger charge is 2.28. The van der Waals surface area contributed by atoms with Gasteiger partial charge in [0.1, 0.15) is 0 Å². The molecule has 0 bridgehead atoms. The van der Waals surface area contributed by atoms with E-state index in [4.69, 9.17) is 0 Å². The Balaban J connectivity index is 2.33. The van der Waals surface area contributed by atoms with E-state index in [-0.39, 0.29) is 0 Å². The third-order valence-corrected chi connectivity index (χ3v) is 4.38. The first-order chi connectivity index (χ1) is 7.66. The summed E-state index contributed by atoms with van der Waals surface area (Å²) < 4.78 is 0. The van der Waals surface area contributed by atoms with Crippen LogP contribution in [0.2, 0.25) is 0 Å². The molecule has 1 aliphatic heterocycles. The van der Waals surface area contributed by atoms with E-state index in [1.807, 2.05) is 0 Å². The second-order valence-corrected chi connectivity index (χ2v) is 5.94. The largest absolute Gasteiger partial charge is 0.337 e. The van der Waals surface area contributed by atoms with E-state index in [0.717, 1.165) is 5.75 Å². The maximum atomic E-state index is 12.1. The molecule has 2 unspecified atom stereocenters. The normalized spacial score (nSPS) is 25.8. The average molecular weight is 243 g/mol. The summed E-state index contributed by atoms with van der Waals surface area (Å²) >= 11 is 1.79. The zero-order valence-electron chi connectivity index (χ0n) is 10.9. The lowest BCUT2D eigenvalue weighted by molar-refractivity contribution is -0.134. The maximum Gasteiger partial charge on any atom is 0.233 e. The summed E-state index contributed by atoms with van der Waals surface area (Å²) in [7, 11) is 0. The summed E-state index contributed by atoms with van der Waals surface area (Å²) in [6.45, 7) is 6.56. The lowest BCUT2D eigenvalue weighted by Gasteiger charge is -2.39. The van der Waals surface area contributed by atoms with Gasteiger partial charge in [-0.25, -0.2) is 0 Å². The van der Waals surface area contributed by atoms with Crippen molar-refractivity contribution < 1.29 is 4.79 Å². The van der Waals surface area contributed by atoms with Crippen LogP contribution in [-0.4, -0.2) is 34.4 Å². The first-order valence-corrected chi connectivity index (χ1v) is 7.71. The summed E-state index contributed by atoms with van der Waals surface area (Å²) in [4.78, 5) is 14.2. The SMILES string of the molecule is CCCCSCC(=O)N1C(C)CCCC1C. The van der Waals surface area contributed by atoms with Gasteiger partial charge in [0.25, 0.3) is 0 Å². The van der Waals surface area contributed by atoms with Gasteiger partial charge in [-0.05, 0) is 45.3 Å². The monoisotopic (exact) mass is 243 g/mol. The molecule has 1 rings (SSSR count). The predicted molar refractivity (Wildman–Crippen MR) is 71.9 cm³/mol. The van der Waals surface area contributed by atoms with Crippen LogP contribution >= 0.6 is 11.8 Å². The van der Waals surface area contributed by atoms with Crippen LogP contribution in [0.25, 0.3) is 0 Å². The van der Waals surface area contributed by atoms with E-state index in [1.54, 1.807) is 11.8 Å². The van der Waals surface area contributed by atoms with Crippen molar-refractivity contribution >= 4 is 17.7 Å². The van der Waals surface area contributed by atoms with Crippen molar-refractivity contribution in [1.29, 1.82) is 0 Å². The standard InChI is InChI=1S/C13H25NOS/c1-4-5-9-16-10-13(15)14-11(2)7-6-8-12(14)3/h11-12H,4-10H2,1-3H3. The summed E-state index contributed by atoms with van der Waals surface area (Å²) in [5, 5.41) is 0. The third kappa shape index (κ3) is 4.00. The minimum absolute atomic E-state index is 0.348. The fourth-order valence-electron chi connectivity index (χ4n) is 2.39. The van der Waals surface area contributed by atoms with Crippen molar-refractivity contribution in [2.24, 2.45) is 0 Å². The molecule has 1 aliphatic rings. The van der Waals surface area contributed by atoms with Crippen molar-refractivity contribution in [3.05, 3.63) is 0 Å². The van der Waals surface area contributed by atoms with Crippen LogP contribution in [0.4, 0.5) is 0 Å². The van der Waals surface area contributed by atoms with E-state index in [9.17, 15) is 4.79 Å². The molecule has 0 aliphatic carbocycles. The lowest BCUT2D eigenvalue weighted by atomic mass is 9.98. The fraction of sp³-hybridized carbons (Fsp3) is 0.923. The number of carbonyl (C=O) groups excluding carboxylic acids is 1. The zero-order chi connectivity index (χ0) is 12.0. The highest BCUT2D eigenvalue weighted by Crippen LogP contribution is 2.23. The van der Waals surface area contributed by atoms with E-state index < -0.39 is 0 Å². The number of amides is 1. The first kappa shape index (κ1) is 13.9. The maximum absolute atomic E-state index is 12.1. The van der Waals surface area contributed by atoms with Gasteiger partial charge in [0, 0.05) is 12.1 Å². The Morgan fingerprint density at radius 2 is 1.94 bits per heavy atom. The number of carbonyl (C=O) groups is 1. The zero-order valence-corrected chi connectivity index (χ0v) is 11.7. The molecule has 0 spiro atoms. The van der Waals surface area contributed by atoms with Crippen LogP contribution in [0.1, 0.15) is 52.9 Å². The van der Waals surface area contributed by atoms with E-state index in [2.05, 4.69) is 25.7 Å². The number of nitrogens with zero attached hydrogens (tertiary/aromatic N) is 1. The molecule has 1 fully saturated rings. The van der Waals surface area contributed by atoms with Crippen molar-refractivity contribution in [3.8, 4) is 0 Å². The molecule has 0 aromatic carbocycles. The number of hydrogen-bond donors (Lipinski definition) is 0. The van der Waals surface area contributed by atoms with Gasteiger partial charge in [0.15, 0.2) is 0 Å². The van der Waals surface area contributed by atoms with E-state index in [0.29, 0.717) is 23.7 Å². The van der Waals surface area contributed by atoms with Crippen LogP contribution in [0.5, 0.6) is 0 Å². The van der Waals surface area contributed by atoms with Crippen LogP contribution in [-0.2, 0) is 4.79 Å². The molecule has 0 radical (unpaired) electrons. The molecule has 0 aromatic heterocycles. The molecule has 0 N–H and O–H groups in total. The summed E-state index contributed by atoms with van der Waals surface area (Å²) in [5.41, 5.74) is 0. The Labute approximate surface area is 104 Å². The van der Waals surface area contributed by atoms with E-state index in [1.165, 1.54) is 32.1 Å². The fourth-order valence-corrected chi connectivity index (χ4v) is 3.35. The summed E-state index contributed by atoms with van der Waals surface area (Å²) in [6.07, 6.45) is 6.07. The smallest absolute Gasteiger partial charge is 0.233 e. The highest BCUT2D eigenvalue weighted by atomic mass is 32.2. The Morgan fingerprint density at radius 1 is 1.31 bits per heavy atom. The first-order valence-electron chi connectivity index (χ1n) is 6.55. The van der Waals surface area contributed by atoms with Gasteiger partial charge in [0.05, 0.1) is 5.75 Å². The molecule has 1 heterocycles. The summed E-state index contributed by atoms with van der Waals surface area (Å²) in [6, 6.07) is 0.894. The number of piperidine rings is 1. The van der Waals surface area contributed by atoms with Crippen molar-refractivity contribution in [2.75, 3.05) is 11.5 Å². The van der Waals surface area contributed by atoms with Gasteiger partial charge in [0.2, 0.25) is 5.91 Å². The Morgan fingerprint density at radius 3 is 2.50 bits per heavy atom. The molecule has 2 nitrogen and oxygen atoms in total. The van der Waals surface area contributed by atoms with Gasteiger partial charge in [-0.1, -0.05) is 13.3 Å². The molecule has 0 saturated carbocycles. The molecule has 0 aromatic rings. The number of thioether (sulfide) groups is 1. The van der Waals surface area contributed by atoms with Crippen LogP contribution in [0.3, 0.4) is 0 Å². The van der Waals surface area contributed by atoms with Gasteiger partial charge in [-0.15, -0.1) is 0 Å². The molecule has 1 saturated heterocycles. The number of rotatable bonds is 5. The molecule has 2 atom stereocenters. The Bertz CT molecular complexity index is 210. The summed E-state index contributed by atoms with van der Waals surface area (Å²) in [5.74, 6) is 2.15. The molecular formula is C13H25NOS. The second-order valence-electron chi connectivity index (χ2n) is 4.84. The third-order valence-electron chi connectivity index (χ3n) is 3.35. The second kappa shape index (κ2) is 7.21. The highest BCUT2D eigenvalue weighted by molar-refractivity contribution is 7.99. The van der Waals surface area contributed by atoms with E-state index >= 15 is 0 Å². The van der Waals surface area contributed by atoms with Gasteiger partial charge >= 0.3 is 0 Å². The predicted octanol–water partition coefficient (Wildman–Crippen LogP) is 3.31. The number of hydrogen-bond acceptors (Lipinski definition) is 2. The van der Waals surface area contributed by atoms with Gasteiger partial charge < -0.3 is 4.90 Å². The minimum Gasteiger partial charge on any atom is -0.337 e. The van der Waals surface area contributed by atoms with Gasteiger partial charge in [-0.3, -0.25) is 4.79 Å². The molecule has 1 amide bonds. The Hall–Kier alpha value is -0.180. The molecule has 94 valence electrons. The van der Waals surface area contributed by atoms with Gasteiger partial charge in [-0.2, -0.15) is 11.8 Å².